The number of hydrogen-bond donors (Lipinski definition) is 2. The zero-order valence-corrected chi connectivity index (χ0v) is 15.4. The summed E-state index contributed by atoms with van der Waals surface area (Å²) >= 11 is 0. The molecule has 0 fully saturated rings. The Balaban J connectivity index is 1.64. The Morgan fingerprint density at radius 2 is 1.92 bits per heavy atom. The van der Waals surface area contributed by atoms with E-state index in [0.29, 0.717) is 18.9 Å². The standard InChI is InChI=1S/C19H25N3O4/c1-14-9-15(2)11-17(10-14)26-8-6-22(3)13-18(23)21-19(24)20-12-16-5-4-7-25-16/h4-5,7,9-11H,6,8,12-13H2,1-3H3,(H2,20,21,23,24). The highest BCUT2D eigenvalue weighted by Crippen LogP contribution is 2.15. The number of benzene rings is 1. The van der Waals surface area contributed by atoms with Gasteiger partial charge in [-0.3, -0.25) is 15.0 Å². The lowest BCUT2D eigenvalue weighted by atomic mass is 10.1. The number of nitrogens with one attached hydrogen (secondary N) is 2. The first-order valence-electron chi connectivity index (χ1n) is 8.42. The van der Waals surface area contributed by atoms with E-state index >= 15 is 0 Å². The topological polar surface area (TPSA) is 83.8 Å². The molecule has 2 rings (SSSR count). The van der Waals surface area contributed by atoms with Gasteiger partial charge in [-0.05, 0) is 56.3 Å². The fraction of sp³-hybridized carbons (Fsp3) is 0.368. The van der Waals surface area contributed by atoms with Crippen LogP contribution in [-0.2, 0) is 11.3 Å². The molecule has 1 aromatic heterocycles. The molecule has 0 spiro atoms. The average molecular weight is 359 g/mol. The van der Waals surface area contributed by atoms with Crippen LogP contribution in [0.1, 0.15) is 16.9 Å². The van der Waals surface area contributed by atoms with E-state index in [0.717, 1.165) is 16.9 Å². The average Bonchev–Trinajstić information content (AvgIpc) is 3.05. The van der Waals surface area contributed by atoms with E-state index in [2.05, 4.69) is 16.7 Å². The number of amides is 3. The molecular formula is C19H25N3O4. The van der Waals surface area contributed by atoms with Crippen molar-refractivity contribution in [2.24, 2.45) is 0 Å². The van der Waals surface area contributed by atoms with E-state index in [1.807, 2.05) is 26.0 Å². The quantitative estimate of drug-likeness (QED) is 0.755. The van der Waals surface area contributed by atoms with E-state index in [9.17, 15) is 9.59 Å². The van der Waals surface area contributed by atoms with Gasteiger partial charge in [0.1, 0.15) is 18.1 Å². The van der Waals surface area contributed by atoms with Gasteiger partial charge < -0.3 is 14.5 Å². The van der Waals surface area contributed by atoms with Crippen LogP contribution in [0.3, 0.4) is 0 Å². The molecule has 0 unspecified atom stereocenters. The third-order valence-corrected chi connectivity index (χ3v) is 3.61. The monoisotopic (exact) mass is 359 g/mol. The number of ether oxygens (including phenoxy) is 1. The number of rotatable bonds is 8. The Kier molecular flexibility index (Phi) is 7.23. The summed E-state index contributed by atoms with van der Waals surface area (Å²) in [5, 5.41) is 4.84. The van der Waals surface area contributed by atoms with Crippen molar-refractivity contribution in [3.8, 4) is 5.75 Å². The van der Waals surface area contributed by atoms with Crippen molar-refractivity contribution < 1.29 is 18.7 Å². The fourth-order valence-electron chi connectivity index (χ4n) is 2.45. The highest BCUT2D eigenvalue weighted by atomic mass is 16.5. The zero-order valence-electron chi connectivity index (χ0n) is 15.4. The summed E-state index contributed by atoms with van der Waals surface area (Å²) < 4.78 is 10.8. The molecule has 140 valence electrons. The van der Waals surface area contributed by atoms with Gasteiger partial charge in [-0.1, -0.05) is 6.07 Å². The molecule has 3 amide bonds. The first-order chi connectivity index (χ1) is 12.4. The number of hydrogen-bond acceptors (Lipinski definition) is 5. The van der Waals surface area contributed by atoms with E-state index in [1.54, 1.807) is 24.1 Å². The summed E-state index contributed by atoms with van der Waals surface area (Å²) in [6, 6.07) is 8.96. The Labute approximate surface area is 153 Å². The molecule has 7 nitrogen and oxygen atoms in total. The van der Waals surface area contributed by atoms with Crippen LogP contribution in [0.25, 0.3) is 0 Å². The summed E-state index contributed by atoms with van der Waals surface area (Å²) in [5.41, 5.74) is 2.29. The minimum absolute atomic E-state index is 0.102. The van der Waals surface area contributed by atoms with Crippen molar-refractivity contribution in [1.29, 1.82) is 0 Å². The normalized spacial score (nSPS) is 10.6. The van der Waals surface area contributed by atoms with Crippen molar-refractivity contribution in [2.45, 2.75) is 20.4 Å². The zero-order chi connectivity index (χ0) is 18.9. The molecule has 0 saturated heterocycles. The molecule has 0 atom stereocenters. The molecule has 0 aliphatic rings. The van der Waals surface area contributed by atoms with Crippen LogP contribution in [0.2, 0.25) is 0 Å². The highest BCUT2D eigenvalue weighted by Gasteiger charge is 2.11. The van der Waals surface area contributed by atoms with Gasteiger partial charge in [0.05, 0.1) is 19.4 Å². The van der Waals surface area contributed by atoms with Crippen molar-refractivity contribution in [3.63, 3.8) is 0 Å². The Morgan fingerprint density at radius 3 is 2.58 bits per heavy atom. The summed E-state index contributed by atoms with van der Waals surface area (Å²) in [6.45, 7) is 5.39. The van der Waals surface area contributed by atoms with E-state index in [4.69, 9.17) is 9.15 Å². The van der Waals surface area contributed by atoms with E-state index in [1.165, 1.54) is 6.26 Å². The maximum absolute atomic E-state index is 11.9. The van der Waals surface area contributed by atoms with Crippen molar-refractivity contribution >= 4 is 11.9 Å². The third kappa shape index (κ3) is 6.98. The Bertz CT molecular complexity index is 708. The fourth-order valence-corrected chi connectivity index (χ4v) is 2.45. The van der Waals surface area contributed by atoms with Crippen molar-refractivity contribution in [2.75, 3.05) is 26.7 Å². The van der Waals surface area contributed by atoms with Crippen LogP contribution in [-0.4, -0.2) is 43.6 Å². The maximum Gasteiger partial charge on any atom is 0.321 e. The first kappa shape index (κ1) is 19.5. The number of furan rings is 1. The first-order valence-corrected chi connectivity index (χ1v) is 8.42. The second-order valence-corrected chi connectivity index (χ2v) is 6.22. The van der Waals surface area contributed by atoms with Gasteiger partial charge in [0.15, 0.2) is 0 Å². The Hall–Kier alpha value is -2.80. The molecule has 1 heterocycles. The van der Waals surface area contributed by atoms with Gasteiger partial charge >= 0.3 is 6.03 Å². The largest absolute Gasteiger partial charge is 0.492 e. The van der Waals surface area contributed by atoms with Gasteiger partial charge in [-0.2, -0.15) is 0 Å². The number of imide groups is 1. The van der Waals surface area contributed by atoms with Gasteiger partial charge in [-0.25, -0.2) is 4.79 Å². The van der Waals surface area contributed by atoms with Gasteiger partial charge in [0, 0.05) is 6.54 Å². The summed E-state index contributed by atoms with van der Waals surface area (Å²) in [7, 11) is 1.80. The molecule has 2 N–H and O–H groups in total. The van der Waals surface area contributed by atoms with Gasteiger partial charge in [0.2, 0.25) is 5.91 Å². The minimum atomic E-state index is -0.550. The van der Waals surface area contributed by atoms with Crippen LogP contribution < -0.4 is 15.4 Å². The molecule has 0 aliphatic carbocycles. The lowest BCUT2D eigenvalue weighted by Gasteiger charge is -2.16. The van der Waals surface area contributed by atoms with Crippen molar-refractivity contribution in [3.05, 3.63) is 53.5 Å². The van der Waals surface area contributed by atoms with E-state index < -0.39 is 6.03 Å². The second kappa shape index (κ2) is 9.62. The minimum Gasteiger partial charge on any atom is -0.492 e. The molecule has 7 heteroatoms. The highest BCUT2D eigenvalue weighted by molar-refractivity contribution is 5.95. The van der Waals surface area contributed by atoms with Crippen LogP contribution in [0.15, 0.2) is 41.0 Å². The lowest BCUT2D eigenvalue weighted by Crippen LogP contribution is -2.44. The molecule has 0 aliphatic heterocycles. The number of urea groups is 1. The number of aryl methyl sites for hydroxylation is 2. The smallest absolute Gasteiger partial charge is 0.321 e. The number of carbonyl (C=O) groups excluding carboxylic acids is 2. The number of nitrogens with zero attached hydrogens (tertiary/aromatic N) is 1. The predicted molar refractivity (Wildman–Crippen MR) is 98.0 cm³/mol. The molecule has 0 radical (unpaired) electrons. The summed E-state index contributed by atoms with van der Waals surface area (Å²) in [6.07, 6.45) is 1.52. The summed E-state index contributed by atoms with van der Waals surface area (Å²) in [5.74, 6) is 1.06. The van der Waals surface area contributed by atoms with Gasteiger partial charge in [0.25, 0.3) is 0 Å². The number of carbonyl (C=O) groups is 2. The maximum atomic E-state index is 11.9. The molecule has 0 saturated carbocycles. The molecule has 1 aromatic carbocycles. The van der Waals surface area contributed by atoms with Crippen LogP contribution in [0, 0.1) is 13.8 Å². The third-order valence-electron chi connectivity index (χ3n) is 3.61. The lowest BCUT2D eigenvalue weighted by molar-refractivity contribution is -0.120. The van der Waals surface area contributed by atoms with Crippen LogP contribution >= 0.6 is 0 Å². The molecule has 2 aromatic rings. The predicted octanol–water partition coefficient (Wildman–Crippen LogP) is 2.23. The molecule has 0 bridgehead atoms. The second-order valence-electron chi connectivity index (χ2n) is 6.22. The molecule has 26 heavy (non-hydrogen) atoms. The Morgan fingerprint density at radius 1 is 1.19 bits per heavy atom. The van der Waals surface area contributed by atoms with Crippen LogP contribution in [0.5, 0.6) is 5.75 Å². The van der Waals surface area contributed by atoms with E-state index in [-0.39, 0.29) is 19.0 Å². The molecular weight excluding hydrogens is 334 g/mol. The SMILES string of the molecule is Cc1cc(C)cc(OCCN(C)CC(=O)NC(=O)NCc2ccco2)c1. The summed E-state index contributed by atoms with van der Waals surface area (Å²) in [4.78, 5) is 25.3. The van der Waals surface area contributed by atoms with Gasteiger partial charge in [-0.15, -0.1) is 0 Å². The number of likely N-dealkylation sites (N-methyl/N-ethyl adjacent to an activating group) is 1. The van der Waals surface area contributed by atoms with Crippen molar-refractivity contribution in [1.82, 2.24) is 15.5 Å². The van der Waals surface area contributed by atoms with Crippen LogP contribution in [0.4, 0.5) is 4.79 Å².